The van der Waals surface area contributed by atoms with Crippen molar-refractivity contribution in [2.24, 2.45) is 0 Å². The summed E-state index contributed by atoms with van der Waals surface area (Å²) in [6.45, 7) is 1.08. The molecular weight excluding hydrogens is 328 g/mol. The van der Waals surface area contributed by atoms with Gasteiger partial charge >= 0.3 is 0 Å². The first-order valence-corrected chi connectivity index (χ1v) is 8.10. The van der Waals surface area contributed by atoms with Crippen molar-refractivity contribution >= 4 is 27.5 Å². The van der Waals surface area contributed by atoms with E-state index in [0.717, 1.165) is 28.5 Å². The molecule has 0 spiro atoms. The number of benzene rings is 4. The lowest BCUT2D eigenvalue weighted by Gasteiger charge is -2.14. The largest absolute Gasteiger partial charge is 0.507 e. The number of aromatic hydroxyl groups is 2. The molecule has 0 fully saturated rings. The van der Waals surface area contributed by atoms with Crippen molar-refractivity contribution in [1.82, 2.24) is 0 Å². The van der Waals surface area contributed by atoms with Crippen LogP contribution in [0.3, 0.4) is 0 Å². The van der Waals surface area contributed by atoms with E-state index in [1.54, 1.807) is 12.1 Å². The molecule has 0 aliphatic heterocycles. The van der Waals surface area contributed by atoms with E-state index in [1.807, 2.05) is 60.7 Å². The molecule has 0 bridgehead atoms. The van der Waals surface area contributed by atoms with Crippen molar-refractivity contribution in [3.63, 3.8) is 0 Å². The molecular formula is C22H18O4. The van der Waals surface area contributed by atoms with Gasteiger partial charge in [0.25, 0.3) is 5.97 Å². The molecule has 0 amide bonds. The van der Waals surface area contributed by atoms with Crippen molar-refractivity contribution in [3.05, 3.63) is 72.8 Å². The molecule has 0 aromatic heterocycles. The monoisotopic (exact) mass is 346 g/mol. The summed E-state index contributed by atoms with van der Waals surface area (Å²) in [6.07, 6.45) is 0. The van der Waals surface area contributed by atoms with Crippen LogP contribution in [-0.4, -0.2) is 21.3 Å². The number of rotatable bonds is 1. The normalized spacial score (nSPS) is 10.3. The Morgan fingerprint density at radius 1 is 0.654 bits per heavy atom. The Morgan fingerprint density at radius 2 is 1.00 bits per heavy atom. The summed E-state index contributed by atoms with van der Waals surface area (Å²) in [6, 6.07) is 22.9. The van der Waals surface area contributed by atoms with Crippen LogP contribution >= 0.6 is 0 Å². The quantitative estimate of drug-likeness (QED) is 0.445. The second-order valence-corrected chi connectivity index (χ2v) is 5.88. The second-order valence-electron chi connectivity index (χ2n) is 5.88. The van der Waals surface area contributed by atoms with Crippen LogP contribution < -0.4 is 0 Å². The molecule has 0 atom stereocenters. The minimum absolute atomic E-state index is 0.172. The lowest BCUT2D eigenvalue weighted by Crippen LogP contribution is -1.86. The SMILES string of the molecule is CC(=O)O.Oc1ccc2ccccc2c1-c1c(O)ccc2ccccc12. The topological polar surface area (TPSA) is 77.8 Å². The van der Waals surface area contributed by atoms with E-state index in [4.69, 9.17) is 9.90 Å². The van der Waals surface area contributed by atoms with Crippen LogP contribution in [-0.2, 0) is 4.79 Å². The molecule has 26 heavy (non-hydrogen) atoms. The van der Waals surface area contributed by atoms with E-state index in [1.165, 1.54) is 0 Å². The van der Waals surface area contributed by atoms with Crippen molar-refractivity contribution in [3.8, 4) is 22.6 Å². The fourth-order valence-electron chi connectivity index (χ4n) is 3.05. The first kappa shape index (κ1) is 17.3. The van der Waals surface area contributed by atoms with E-state index < -0.39 is 5.97 Å². The van der Waals surface area contributed by atoms with Crippen molar-refractivity contribution in [2.45, 2.75) is 6.92 Å². The molecule has 4 aromatic carbocycles. The summed E-state index contributed by atoms with van der Waals surface area (Å²) in [4.78, 5) is 9.00. The number of hydrogen-bond donors (Lipinski definition) is 3. The summed E-state index contributed by atoms with van der Waals surface area (Å²) >= 11 is 0. The van der Waals surface area contributed by atoms with Crippen LogP contribution in [0.1, 0.15) is 6.92 Å². The number of carbonyl (C=O) groups is 1. The Hall–Kier alpha value is -3.53. The first-order chi connectivity index (χ1) is 12.5. The minimum Gasteiger partial charge on any atom is -0.507 e. The molecule has 4 nitrogen and oxygen atoms in total. The van der Waals surface area contributed by atoms with Crippen LogP contribution in [0.4, 0.5) is 0 Å². The minimum atomic E-state index is -0.833. The van der Waals surface area contributed by atoms with E-state index in [0.29, 0.717) is 11.1 Å². The van der Waals surface area contributed by atoms with Crippen LogP contribution in [0.15, 0.2) is 72.8 Å². The zero-order chi connectivity index (χ0) is 18.7. The fraction of sp³-hybridized carbons (Fsp3) is 0.0455. The first-order valence-electron chi connectivity index (χ1n) is 8.10. The van der Waals surface area contributed by atoms with Gasteiger partial charge in [0.15, 0.2) is 0 Å². The van der Waals surface area contributed by atoms with Gasteiger partial charge in [0.2, 0.25) is 0 Å². The molecule has 0 heterocycles. The highest BCUT2D eigenvalue weighted by atomic mass is 16.4. The highest BCUT2D eigenvalue weighted by molar-refractivity contribution is 6.09. The average Bonchev–Trinajstić information content (AvgIpc) is 2.62. The molecule has 4 rings (SSSR count). The number of carboxylic acids is 1. The van der Waals surface area contributed by atoms with Gasteiger partial charge in [0.05, 0.1) is 0 Å². The fourth-order valence-corrected chi connectivity index (χ4v) is 3.05. The van der Waals surface area contributed by atoms with Crippen molar-refractivity contribution in [1.29, 1.82) is 0 Å². The Kier molecular flexibility index (Phi) is 4.76. The molecule has 3 N–H and O–H groups in total. The molecule has 130 valence electrons. The molecule has 0 aliphatic carbocycles. The van der Waals surface area contributed by atoms with Crippen molar-refractivity contribution < 1.29 is 20.1 Å². The molecule has 0 aliphatic rings. The molecule has 4 heteroatoms. The van der Waals surface area contributed by atoms with Gasteiger partial charge in [-0.1, -0.05) is 60.7 Å². The highest BCUT2D eigenvalue weighted by Crippen LogP contribution is 2.44. The Morgan fingerprint density at radius 3 is 1.38 bits per heavy atom. The van der Waals surface area contributed by atoms with Crippen LogP contribution in [0, 0.1) is 0 Å². The van der Waals surface area contributed by atoms with Gasteiger partial charge in [-0.25, -0.2) is 0 Å². The number of phenols is 2. The van der Waals surface area contributed by atoms with Gasteiger partial charge in [-0.05, 0) is 33.7 Å². The standard InChI is InChI=1S/C20H14O2.C2H4O2/c21-17-11-9-13-5-1-3-7-15(13)19(17)20-16-8-4-2-6-14(16)10-12-18(20)22;1-2(3)4/h1-12,21-22H;1H3,(H,3,4). The maximum absolute atomic E-state index is 10.4. The third-order valence-electron chi connectivity index (χ3n) is 4.06. The predicted molar refractivity (Wildman–Crippen MR) is 104 cm³/mol. The van der Waals surface area contributed by atoms with E-state index in [-0.39, 0.29) is 11.5 Å². The van der Waals surface area contributed by atoms with Gasteiger partial charge in [0, 0.05) is 18.1 Å². The van der Waals surface area contributed by atoms with Gasteiger partial charge < -0.3 is 15.3 Å². The summed E-state index contributed by atoms with van der Waals surface area (Å²) in [5, 5.41) is 32.2. The van der Waals surface area contributed by atoms with Crippen LogP contribution in [0.5, 0.6) is 11.5 Å². The summed E-state index contributed by atoms with van der Waals surface area (Å²) in [5.41, 5.74) is 1.35. The highest BCUT2D eigenvalue weighted by Gasteiger charge is 2.16. The second kappa shape index (κ2) is 7.15. The molecule has 0 saturated heterocycles. The lowest BCUT2D eigenvalue weighted by atomic mass is 9.92. The third kappa shape index (κ3) is 3.30. The van der Waals surface area contributed by atoms with Gasteiger partial charge in [-0.3, -0.25) is 4.79 Å². The Bertz CT molecular complexity index is 1010. The summed E-state index contributed by atoms with van der Waals surface area (Å²) in [7, 11) is 0. The predicted octanol–water partition coefficient (Wildman–Crippen LogP) is 5.16. The molecule has 0 saturated carbocycles. The molecule has 0 unspecified atom stereocenters. The lowest BCUT2D eigenvalue weighted by molar-refractivity contribution is -0.134. The average molecular weight is 346 g/mol. The Labute approximate surface area is 150 Å². The number of phenolic OH excluding ortho intramolecular Hbond substituents is 2. The number of carboxylic acid groups (broad SMARTS) is 1. The Balaban J connectivity index is 0.000000447. The zero-order valence-corrected chi connectivity index (χ0v) is 14.2. The van der Waals surface area contributed by atoms with Crippen molar-refractivity contribution in [2.75, 3.05) is 0 Å². The van der Waals surface area contributed by atoms with Gasteiger partial charge in [0.1, 0.15) is 11.5 Å². The number of fused-ring (bicyclic) bond motifs is 2. The summed E-state index contributed by atoms with van der Waals surface area (Å²) < 4.78 is 0. The third-order valence-corrected chi connectivity index (χ3v) is 4.06. The maximum atomic E-state index is 10.4. The zero-order valence-electron chi connectivity index (χ0n) is 14.2. The van der Waals surface area contributed by atoms with Crippen LogP contribution in [0.25, 0.3) is 32.7 Å². The summed E-state index contributed by atoms with van der Waals surface area (Å²) in [5.74, 6) is -0.490. The van der Waals surface area contributed by atoms with Gasteiger partial charge in [-0.2, -0.15) is 0 Å². The molecule has 0 radical (unpaired) electrons. The van der Waals surface area contributed by atoms with E-state index in [9.17, 15) is 10.2 Å². The number of hydrogen-bond acceptors (Lipinski definition) is 3. The van der Waals surface area contributed by atoms with E-state index in [2.05, 4.69) is 0 Å². The molecule has 4 aromatic rings. The van der Waals surface area contributed by atoms with Crippen LogP contribution in [0.2, 0.25) is 0 Å². The van der Waals surface area contributed by atoms with Gasteiger partial charge in [-0.15, -0.1) is 0 Å². The van der Waals surface area contributed by atoms with E-state index >= 15 is 0 Å². The smallest absolute Gasteiger partial charge is 0.300 e. The maximum Gasteiger partial charge on any atom is 0.300 e. The number of aliphatic carboxylic acids is 1.